The van der Waals surface area contributed by atoms with Gasteiger partial charge in [0.15, 0.2) is 0 Å². The zero-order chi connectivity index (χ0) is 13.0. The Morgan fingerprint density at radius 2 is 1.18 bits per heavy atom. The minimum absolute atomic E-state index is 0.459. The fraction of sp³-hybridized carbons (Fsp3) is 1.00. The van der Waals surface area contributed by atoms with E-state index in [2.05, 4.69) is 6.92 Å². The van der Waals surface area contributed by atoms with Crippen molar-refractivity contribution in [3.05, 3.63) is 0 Å². The van der Waals surface area contributed by atoms with Crippen LogP contribution in [0.1, 0.15) is 85.0 Å². The van der Waals surface area contributed by atoms with Gasteiger partial charge in [-0.05, 0) is 20.3 Å². The highest BCUT2D eigenvalue weighted by atomic mass is 16.5. The van der Waals surface area contributed by atoms with E-state index in [0.29, 0.717) is 0 Å². The maximum absolute atomic E-state index is 5.73. The predicted molar refractivity (Wildman–Crippen MR) is 76.1 cm³/mol. The molecule has 0 saturated heterocycles. The summed E-state index contributed by atoms with van der Waals surface area (Å²) in [5.74, 6) is 0. The van der Waals surface area contributed by atoms with Crippen molar-refractivity contribution in [3.8, 4) is 0 Å². The fourth-order valence-corrected chi connectivity index (χ4v) is 1.92. The lowest BCUT2D eigenvalue weighted by atomic mass is 10.1. The number of hydrogen-bond acceptors (Lipinski definition) is 2. The highest BCUT2D eigenvalue weighted by Crippen LogP contribution is 2.11. The van der Waals surface area contributed by atoms with E-state index in [-0.39, 0.29) is 0 Å². The molecule has 2 nitrogen and oxygen atoms in total. The van der Waals surface area contributed by atoms with E-state index in [0.717, 1.165) is 13.0 Å². The normalized spacial score (nSPS) is 12.0. The molecule has 0 aromatic carbocycles. The minimum Gasteiger partial charge on any atom is -0.361 e. The average molecular weight is 243 g/mol. The lowest BCUT2D eigenvalue weighted by Crippen LogP contribution is -2.35. The van der Waals surface area contributed by atoms with Crippen molar-refractivity contribution in [3.63, 3.8) is 0 Å². The van der Waals surface area contributed by atoms with Crippen molar-refractivity contribution in [2.75, 3.05) is 6.61 Å². The van der Waals surface area contributed by atoms with Gasteiger partial charge in [0, 0.05) is 6.61 Å². The van der Waals surface area contributed by atoms with Gasteiger partial charge in [0.2, 0.25) is 0 Å². The van der Waals surface area contributed by atoms with Gasteiger partial charge in [-0.1, -0.05) is 64.7 Å². The molecular weight excluding hydrogens is 210 g/mol. The predicted octanol–water partition coefficient (Wildman–Crippen LogP) is 4.62. The third-order valence-corrected chi connectivity index (χ3v) is 2.97. The molecule has 104 valence electrons. The Hall–Kier alpha value is -0.0800. The Morgan fingerprint density at radius 1 is 0.765 bits per heavy atom. The SMILES string of the molecule is CCCCCCCCCCCCOC(C)(C)N. The summed E-state index contributed by atoms with van der Waals surface area (Å²) in [6.45, 7) is 6.89. The van der Waals surface area contributed by atoms with Gasteiger partial charge >= 0.3 is 0 Å². The third kappa shape index (κ3) is 15.9. The van der Waals surface area contributed by atoms with Crippen LogP contribution in [0, 0.1) is 0 Å². The quantitative estimate of drug-likeness (QED) is 0.401. The van der Waals surface area contributed by atoms with E-state index in [1.54, 1.807) is 0 Å². The summed E-state index contributed by atoms with van der Waals surface area (Å²) in [7, 11) is 0. The second-order valence-electron chi connectivity index (χ2n) is 5.63. The Morgan fingerprint density at radius 3 is 1.59 bits per heavy atom. The molecule has 0 amide bonds. The molecule has 0 radical (unpaired) electrons. The first-order valence-electron chi connectivity index (χ1n) is 7.49. The van der Waals surface area contributed by atoms with Crippen LogP contribution in [0.3, 0.4) is 0 Å². The highest BCUT2D eigenvalue weighted by Gasteiger charge is 2.08. The smallest absolute Gasteiger partial charge is 0.111 e. The zero-order valence-corrected chi connectivity index (χ0v) is 12.3. The van der Waals surface area contributed by atoms with Gasteiger partial charge in [0.05, 0.1) is 0 Å². The van der Waals surface area contributed by atoms with Crippen LogP contribution in [-0.4, -0.2) is 12.3 Å². The van der Waals surface area contributed by atoms with Crippen molar-refractivity contribution in [2.45, 2.75) is 90.7 Å². The van der Waals surface area contributed by atoms with Gasteiger partial charge in [-0.3, -0.25) is 0 Å². The van der Waals surface area contributed by atoms with E-state index in [1.165, 1.54) is 57.8 Å². The summed E-state index contributed by atoms with van der Waals surface area (Å²) in [6.07, 6.45) is 13.6. The van der Waals surface area contributed by atoms with Crippen molar-refractivity contribution < 1.29 is 4.74 Å². The van der Waals surface area contributed by atoms with Gasteiger partial charge in [-0.25, -0.2) is 0 Å². The Labute approximate surface area is 108 Å². The molecule has 0 saturated carbocycles. The molecule has 0 aliphatic rings. The summed E-state index contributed by atoms with van der Waals surface area (Å²) in [6, 6.07) is 0. The third-order valence-electron chi connectivity index (χ3n) is 2.97. The van der Waals surface area contributed by atoms with Crippen molar-refractivity contribution in [1.29, 1.82) is 0 Å². The van der Waals surface area contributed by atoms with Gasteiger partial charge in [-0.2, -0.15) is 0 Å². The van der Waals surface area contributed by atoms with E-state index in [9.17, 15) is 0 Å². The number of nitrogens with two attached hydrogens (primary N) is 1. The van der Waals surface area contributed by atoms with Gasteiger partial charge in [-0.15, -0.1) is 0 Å². The molecule has 0 aliphatic carbocycles. The molecule has 17 heavy (non-hydrogen) atoms. The molecule has 0 atom stereocenters. The zero-order valence-electron chi connectivity index (χ0n) is 12.3. The lowest BCUT2D eigenvalue weighted by molar-refractivity contribution is -0.0142. The minimum atomic E-state index is -0.459. The monoisotopic (exact) mass is 243 g/mol. The molecule has 0 unspecified atom stereocenters. The molecule has 0 heterocycles. The topological polar surface area (TPSA) is 35.2 Å². The fourth-order valence-electron chi connectivity index (χ4n) is 1.92. The summed E-state index contributed by atoms with van der Waals surface area (Å²) in [4.78, 5) is 0. The van der Waals surface area contributed by atoms with Crippen LogP contribution in [0.5, 0.6) is 0 Å². The van der Waals surface area contributed by atoms with Crippen LogP contribution < -0.4 is 5.73 Å². The first kappa shape index (κ1) is 16.9. The van der Waals surface area contributed by atoms with E-state index >= 15 is 0 Å². The van der Waals surface area contributed by atoms with Crippen LogP contribution in [-0.2, 0) is 4.74 Å². The summed E-state index contributed by atoms with van der Waals surface area (Å²) < 4.78 is 5.48. The number of ether oxygens (including phenoxy) is 1. The summed E-state index contributed by atoms with van der Waals surface area (Å²) >= 11 is 0. The van der Waals surface area contributed by atoms with E-state index in [4.69, 9.17) is 10.5 Å². The molecule has 0 aromatic heterocycles. The van der Waals surface area contributed by atoms with Crippen LogP contribution in [0.2, 0.25) is 0 Å². The van der Waals surface area contributed by atoms with Crippen LogP contribution in [0.15, 0.2) is 0 Å². The number of rotatable bonds is 12. The summed E-state index contributed by atoms with van der Waals surface area (Å²) in [5, 5.41) is 0. The van der Waals surface area contributed by atoms with Crippen LogP contribution in [0.25, 0.3) is 0 Å². The molecule has 2 heteroatoms. The standard InChI is InChI=1S/C15H33NO/c1-4-5-6-7-8-9-10-11-12-13-14-17-15(2,3)16/h4-14,16H2,1-3H3. The molecule has 2 N–H and O–H groups in total. The van der Waals surface area contributed by atoms with Gasteiger partial charge in [0.25, 0.3) is 0 Å². The van der Waals surface area contributed by atoms with E-state index < -0.39 is 5.72 Å². The average Bonchev–Trinajstić information content (AvgIpc) is 2.24. The maximum atomic E-state index is 5.73. The van der Waals surface area contributed by atoms with Gasteiger partial charge in [0.1, 0.15) is 5.72 Å². The Kier molecular flexibility index (Phi) is 11.0. The molecule has 0 aliphatic heterocycles. The first-order valence-corrected chi connectivity index (χ1v) is 7.49. The van der Waals surface area contributed by atoms with Crippen LogP contribution >= 0.6 is 0 Å². The lowest BCUT2D eigenvalue weighted by Gasteiger charge is -2.19. The molecule has 0 aromatic rings. The van der Waals surface area contributed by atoms with Crippen LogP contribution in [0.4, 0.5) is 0 Å². The second kappa shape index (κ2) is 11.0. The van der Waals surface area contributed by atoms with E-state index in [1.807, 2.05) is 13.8 Å². The molecule has 0 bridgehead atoms. The van der Waals surface area contributed by atoms with Gasteiger partial charge < -0.3 is 10.5 Å². The molecule has 0 fully saturated rings. The molecular formula is C15H33NO. The molecule has 0 spiro atoms. The summed E-state index contributed by atoms with van der Waals surface area (Å²) in [5.41, 5.74) is 5.27. The number of unbranched alkanes of at least 4 members (excludes halogenated alkanes) is 9. The highest BCUT2D eigenvalue weighted by molar-refractivity contribution is 4.56. The second-order valence-corrected chi connectivity index (χ2v) is 5.63. The van der Waals surface area contributed by atoms with Crippen molar-refractivity contribution in [2.24, 2.45) is 5.73 Å². The largest absolute Gasteiger partial charge is 0.361 e. The molecule has 0 rings (SSSR count). The number of hydrogen-bond donors (Lipinski definition) is 1. The Balaban J connectivity index is 2.99. The first-order chi connectivity index (χ1) is 8.06. The van der Waals surface area contributed by atoms with Crippen molar-refractivity contribution in [1.82, 2.24) is 0 Å². The Bertz CT molecular complexity index is 151. The maximum Gasteiger partial charge on any atom is 0.111 e. The van der Waals surface area contributed by atoms with Crippen molar-refractivity contribution >= 4 is 0 Å².